The Bertz CT molecular complexity index is 870. The molecule has 2 saturated heterocycles. The van der Waals surface area contributed by atoms with Crippen molar-refractivity contribution in [1.29, 1.82) is 0 Å². The Hall–Kier alpha value is -3.13. The predicted molar refractivity (Wildman–Crippen MR) is 85.7 cm³/mol. The van der Waals surface area contributed by atoms with Crippen LogP contribution < -0.4 is 0 Å². The number of esters is 1. The van der Waals surface area contributed by atoms with Crippen molar-refractivity contribution < 1.29 is 39.8 Å². The third-order valence-corrected chi connectivity index (χ3v) is 4.91. The second-order valence-electron chi connectivity index (χ2n) is 6.46. The molecule has 2 heterocycles. The lowest BCUT2D eigenvalue weighted by molar-refractivity contribution is -0.148. The number of hydrogen-bond acceptors (Lipinski definition) is 8. The molecule has 4 atom stereocenters. The number of carbonyl (C=O) groups excluding carboxylic acids is 1. The van der Waals surface area contributed by atoms with Crippen LogP contribution in [-0.4, -0.2) is 38.1 Å². The topological polar surface area (TPSA) is 137 Å². The van der Waals surface area contributed by atoms with Crippen molar-refractivity contribution in [2.45, 2.75) is 12.2 Å². The molecule has 0 aliphatic carbocycles. The van der Waals surface area contributed by atoms with Crippen molar-refractivity contribution in [2.75, 3.05) is 6.61 Å². The molecule has 136 valence electrons. The van der Waals surface area contributed by atoms with Crippen molar-refractivity contribution >= 4 is 5.97 Å². The number of rotatable bonds is 2. The van der Waals surface area contributed by atoms with Gasteiger partial charge in [0, 0.05) is 11.5 Å². The van der Waals surface area contributed by atoms with Crippen LogP contribution >= 0.6 is 0 Å². The van der Waals surface area contributed by atoms with Crippen molar-refractivity contribution in [1.82, 2.24) is 0 Å². The summed E-state index contributed by atoms with van der Waals surface area (Å²) in [5.41, 5.74) is 0.873. The van der Waals surface area contributed by atoms with E-state index in [0.29, 0.717) is 11.1 Å². The molecule has 8 heteroatoms. The highest BCUT2D eigenvalue weighted by molar-refractivity contribution is 5.77. The summed E-state index contributed by atoms with van der Waals surface area (Å²) < 4.78 is 11.2. The van der Waals surface area contributed by atoms with E-state index in [9.17, 15) is 30.3 Å². The number of fused-ring (bicyclic) bond motifs is 1. The van der Waals surface area contributed by atoms with Crippen LogP contribution in [-0.2, 0) is 14.3 Å². The molecular weight excluding hydrogens is 344 g/mol. The van der Waals surface area contributed by atoms with Gasteiger partial charge in [-0.2, -0.15) is 0 Å². The van der Waals surface area contributed by atoms with Gasteiger partial charge in [-0.3, -0.25) is 4.79 Å². The maximum absolute atomic E-state index is 12.4. The minimum Gasteiger partial charge on any atom is -0.504 e. The number of hydrogen-bond donors (Lipinski definition) is 5. The van der Waals surface area contributed by atoms with Gasteiger partial charge in [-0.15, -0.1) is 0 Å². The average Bonchev–Trinajstić information content (AvgIpc) is 3.16. The molecule has 0 spiro atoms. The molecule has 2 aliphatic rings. The minimum atomic E-state index is -0.749. The monoisotopic (exact) mass is 360 g/mol. The number of aromatic hydroxyl groups is 5. The van der Waals surface area contributed by atoms with E-state index in [-0.39, 0.29) is 24.0 Å². The fourth-order valence-electron chi connectivity index (χ4n) is 3.64. The molecule has 2 aromatic rings. The predicted octanol–water partition coefficient (Wildman–Crippen LogP) is 1.82. The van der Waals surface area contributed by atoms with Crippen molar-refractivity contribution in [3.63, 3.8) is 0 Å². The second kappa shape index (κ2) is 5.70. The molecule has 2 aromatic carbocycles. The van der Waals surface area contributed by atoms with Crippen molar-refractivity contribution in [3.8, 4) is 28.7 Å². The molecule has 5 N–H and O–H groups in total. The second-order valence-corrected chi connectivity index (χ2v) is 6.46. The number of cyclic esters (lactones) is 1. The van der Waals surface area contributed by atoms with Gasteiger partial charge in [0.15, 0.2) is 28.7 Å². The van der Waals surface area contributed by atoms with E-state index in [1.54, 1.807) is 6.07 Å². The molecule has 0 aromatic heterocycles. The zero-order chi connectivity index (χ0) is 18.6. The standard InChI is InChI=1S/C18H16O8/c19-10-2-1-7(3-11(10)20)17-14-9(6-25-17)16(26-18(14)24)8-4-12(21)15(23)13(22)5-8/h1-5,9,14,16-17,19-23H,6H2. The molecule has 2 aliphatic heterocycles. The Kier molecular flexibility index (Phi) is 3.58. The number of benzene rings is 2. The summed E-state index contributed by atoms with van der Waals surface area (Å²) in [5.74, 6) is -3.77. The van der Waals surface area contributed by atoms with Crippen LogP contribution in [0.3, 0.4) is 0 Å². The number of phenols is 5. The normalized spacial score (nSPS) is 27.3. The highest BCUT2D eigenvalue weighted by Gasteiger charge is 2.54. The van der Waals surface area contributed by atoms with Gasteiger partial charge in [0.25, 0.3) is 0 Å². The van der Waals surface area contributed by atoms with Crippen LogP contribution in [0.15, 0.2) is 30.3 Å². The zero-order valence-corrected chi connectivity index (χ0v) is 13.4. The van der Waals surface area contributed by atoms with Crippen LogP contribution in [0.5, 0.6) is 28.7 Å². The van der Waals surface area contributed by atoms with Gasteiger partial charge in [0.2, 0.25) is 0 Å². The van der Waals surface area contributed by atoms with E-state index >= 15 is 0 Å². The van der Waals surface area contributed by atoms with E-state index in [2.05, 4.69) is 0 Å². The van der Waals surface area contributed by atoms with Crippen molar-refractivity contribution in [3.05, 3.63) is 41.5 Å². The first-order chi connectivity index (χ1) is 12.4. The maximum Gasteiger partial charge on any atom is 0.313 e. The summed E-state index contributed by atoms with van der Waals surface area (Å²) in [5, 5.41) is 48.0. The Morgan fingerprint density at radius 3 is 2.12 bits per heavy atom. The van der Waals surface area contributed by atoms with E-state index in [4.69, 9.17) is 9.47 Å². The lowest BCUT2D eigenvalue weighted by atomic mass is 9.84. The van der Waals surface area contributed by atoms with Crippen molar-refractivity contribution in [2.24, 2.45) is 11.8 Å². The van der Waals surface area contributed by atoms with Crippen LogP contribution in [0.2, 0.25) is 0 Å². The molecule has 0 saturated carbocycles. The quantitative estimate of drug-likeness (QED) is 0.404. The molecular formula is C18H16O8. The Morgan fingerprint density at radius 2 is 1.46 bits per heavy atom. The number of phenolic OH excluding ortho intramolecular Hbond substituents is 5. The van der Waals surface area contributed by atoms with Crippen LogP contribution in [0, 0.1) is 11.8 Å². The molecule has 2 fully saturated rings. The van der Waals surface area contributed by atoms with Crippen LogP contribution in [0.1, 0.15) is 23.3 Å². The van der Waals surface area contributed by atoms with Gasteiger partial charge in [-0.25, -0.2) is 0 Å². The summed E-state index contributed by atoms with van der Waals surface area (Å²) in [6.07, 6.45) is -1.40. The van der Waals surface area contributed by atoms with Gasteiger partial charge >= 0.3 is 5.97 Å². The molecule has 0 amide bonds. The summed E-state index contributed by atoms with van der Waals surface area (Å²) in [7, 11) is 0. The highest BCUT2D eigenvalue weighted by Crippen LogP contribution is 2.52. The number of ether oxygens (including phenoxy) is 2. The van der Waals surface area contributed by atoms with E-state index in [1.165, 1.54) is 24.3 Å². The third-order valence-electron chi connectivity index (χ3n) is 4.91. The highest BCUT2D eigenvalue weighted by atomic mass is 16.6. The first kappa shape index (κ1) is 16.3. The Balaban J connectivity index is 1.66. The summed E-state index contributed by atoms with van der Waals surface area (Å²) in [6.45, 7) is 0.190. The van der Waals surface area contributed by atoms with Gasteiger partial charge < -0.3 is 35.0 Å². The fourth-order valence-corrected chi connectivity index (χ4v) is 3.64. The molecule has 8 nitrogen and oxygen atoms in total. The van der Waals surface area contributed by atoms with Crippen LogP contribution in [0.25, 0.3) is 0 Å². The molecule has 4 rings (SSSR count). The van der Waals surface area contributed by atoms with Gasteiger partial charge in [-0.1, -0.05) is 6.07 Å². The smallest absolute Gasteiger partial charge is 0.313 e. The third kappa shape index (κ3) is 2.38. The van der Waals surface area contributed by atoms with Gasteiger partial charge in [-0.05, 0) is 29.8 Å². The summed E-state index contributed by atoms with van der Waals surface area (Å²) in [6, 6.07) is 6.67. The van der Waals surface area contributed by atoms with Gasteiger partial charge in [0.1, 0.15) is 6.10 Å². The zero-order valence-electron chi connectivity index (χ0n) is 13.4. The summed E-state index contributed by atoms with van der Waals surface area (Å²) >= 11 is 0. The largest absolute Gasteiger partial charge is 0.504 e. The number of carbonyl (C=O) groups is 1. The van der Waals surface area contributed by atoms with E-state index < -0.39 is 41.3 Å². The molecule has 0 bridgehead atoms. The molecule has 26 heavy (non-hydrogen) atoms. The summed E-state index contributed by atoms with van der Waals surface area (Å²) in [4.78, 5) is 12.4. The Labute approximate surface area is 147 Å². The van der Waals surface area contributed by atoms with E-state index in [1.807, 2.05) is 0 Å². The fraction of sp³-hybridized carbons (Fsp3) is 0.278. The minimum absolute atomic E-state index is 0.190. The van der Waals surface area contributed by atoms with Crippen LogP contribution in [0.4, 0.5) is 0 Å². The Morgan fingerprint density at radius 1 is 0.808 bits per heavy atom. The molecule has 0 radical (unpaired) electrons. The molecule has 4 unspecified atom stereocenters. The van der Waals surface area contributed by atoms with Gasteiger partial charge in [0.05, 0.1) is 18.6 Å². The maximum atomic E-state index is 12.4. The SMILES string of the molecule is O=C1OC(c2cc(O)c(O)c(O)c2)C2COC(c3ccc(O)c(O)c3)C12. The lowest BCUT2D eigenvalue weighted by Gasteiger charge is -2.16. The lowest BCUT2D eigenvalue weighted by Crippen LogP contribution is -2.17. The first-order valence-electron chi connectivity index (χ1n) is 7.95. The average molecular weight is 360 g/mol. The first-order valence-corrected chi connectivity index (χ1v) is 7.95. The van der Waals surface area contributed by atoms with E-state index in [0.717, 1.165) is 0 Å².